The number of aromatic nitrogens is 3. The summed E-state index contributed by atoms with van der Waals surface area (Å²) in [6.07, 6.45) is 2.10. The molecule has 4 aromatic rings. The summed E-state index contributed by atoms with van der Waals surface area (Å²) in [6, 6.07) is 14.2. The molecule has 0 bridgehead atoms. The fraction of sp³-hybridized carbons (Fsp3) is 0.261. The summed E-state index contributed by atoms with van der Waals surface area (Å²) in [7, 11) is 1.29. The number of nitrogens with one attached hydrogen (secondary N) is 2. The van der Waals surface area contributed by atoms with E-state index in [1.54, 1.807) is 10.6 Å². The van der Waals surface area contributed by atoms with Crippen LogP contribution in [0.2, 0.25) is 0 Å². The predicted octanol–water partition coefficient (Wildman–Crippen LogP) is 2.20. The first-order valence-electron chi connectivity index (χ1n) is 10.1. The van der Waals surface area contributed by atoms with Crippen LogP contribution in [0.5, 0.6) is 0 Å². The number of fused-ring (bicyclic) bond motifs is 2. The second kappa shape index (κ2) is 8.51. The number of aromatic amines is 1. The zero-order valence-corrected chi connectivity index (χ0v) is 17.4. The monoisotopic (exact) mass is 420 g/mol. The molecule has 0 aliphatic rings. The highest BCUT2D eigenvalue weighted by molar-refractivity contribution is 5.88. The van der Waals surface area contributed by atoms with Crippen molar-refractivity contribution in [3.8, 4) is 0 Å². The Bertz CT molecular complexity index is 1310. The van der Waals surface area contributed by atoms with Crippen LogP contribution in [0.15, 0.2) is 59.5 Å². The van der Waals surface area contributed by atoms with E-state index in [0.717, 1.165) is 22.0 Å². The molecule has 8 nitrogen and oxygen atoms in total. The molecule has 8 heteroatoms. The van der Waals surface area contributed by atoms with E-state index < -0.39 is 17.9 Å². The second-order valence-corrected chi connectivity index (χ2v) is 7.31. The highest BCUT2D eigenvalue weighted by Crippen LogP contribution is 2.19. The number of rotatable bonds is 7. The van der Waals surface area contributed by atoms with E-state index >= 15 is 0 Å². The SMILES string of the molecule is CCn1c(=O)n(CC(=O)N[C@H](Cc2c[nH]c3ccccc23)C(=O)OC)c2ccccc21. The average Bonchev–Trinajstić information content (AvgIpc) is 3.31. The van der Waals surface area contributed by atoms with Gasteiger partial charge in [0.15, 0.2) is 0 Å². The number of H-pyrrole nitrogens is 1. The molecule has 0 aliphatic carbocycles. The van der Waals surface area contributed by atoms with Gasteiger partial charge in [0.25, 0.3) is 0 Å². The third kappa shape index (κ3) is 3.84. The first kappa shape index (κ1) is 20.5. The summed E-state index contributed by atoms with van der Waals surface area (Å²) >= 11 is 0. The Morgan fingerprint density at radius 1 is 1.06 bits per heavy atom. The first-order chi connectivity index (χ1) is 15.0. The van der Waals surface area contributed by atoms with Crippen LogP contribution in [-0.2, 0) is 33.8 Å². The molecule has 4 rings (SSSR count). The highest BCUT2D eigenvalue weighted by atomic mass is 16.5. The van der Waals surface area contributed by atoms with Gasteiger partial charge in [0.2, 0.25) is 5.91 Å². The summed E-state index contributed by atoms with van der Waals surface area (Å²) in [5.41, 5.74) is 3.03. The summed E-state index contributed by atoms with van der Waals surface area (Å²) < 4.78 is 7.95. The number of esters is 1. The number of amides is 1. The van der Waals surface area contributed by atoms with Crippen molar-refractivity contribution in [3.63, 3.8) is 0 Å². The highest BCUT2D eigenvalue weighted by Gasteiger charge is 2.24. The van der Waals surface area contributed by atoms with Gasteiger partial charge in [0.05, 0.1) is 18.1 Å². The molecule has 2 heterocycles. The van der Waals surface area contributed by atoms with Crippen LogP contribution in [0.3, 0.4) is 0 Å². The largest absolute Gasteiger partial charge is 0.467 e. The molecule has 0 saturated carbocycles. The number of aryl methyl sites for hydroxylation is 1. The summed E-state index contributed by atoms with van der Waals surface area (Å²) in [6.45, 7) is 2.19. The van der Waals surface area contributed by atoms with Crippen molar-refractivity contribution in [1.82, 2.24) is 19.4 Å². The Morgan fingerprint density at radius 2 is 1.74 bits per heavy atom. The standard InChI is InChI=1S/C23H24N4O4/c1-3-26-19-10-6-7-11-20(19)27(23(26)30)14-21(28)25-18(22(29)31-2)12-15-13-24-17-9-5-4-8-16(15)17/h4-11,13,18,24H,3,12,14H2,1-2H3,(H,25,28)/t18-/m1/s1. The normalized spacial score (nSPS) is 12.2. The third-order valence-electron chi connectivity index (χ3n) is 5.46. The molecule has 31 heavy (non-hydrogen) atoms. The van der Waals surface area contributed by atoms with Crippen molar-refractivity contribution in [2.45, 2.75) is 32.5 Å². The fourth-order valence-corrected chi connectivity index (χ4v) is 3.97. The maximum atomic E-state index is 12.8. The van der Waals surface area contributed by atoms with Crippen LogP contribution >= 0.6 is 0 Å². The molecule has 0 spiro atoms. The maximum absolute atomic E-state index is 12.8. The van der Waals surface area contributed by atoms with E-state index in [9.17, 15) is 14.4 Å². The van der Waals surface area contributed by atoms with Gasteiger partial charge in [0.1, 0.15) is 12.6 Å². The lowest BCUT2D eigenvalue weighted by Gasteiger charge is -2.16. The Morgan fingerprint density at radius 3 is 2.45 bits per heavy atom. The van der Waals surface area contributed by atoms with Crippen LogP contribution in [0.4, 0.5) is 0 Å². The molecule has 160 valence electrons. The Labute approximate surface area is 178 Å². The third-order valence-corrected chi connectivity index (χ3v) is 5.46. The molecular formula is C23H24N4O4. The van der Waals surface area contributed by atoms with Gasteiger partial charge in [-0.2, -0.15) is 0 Å². The van der Waals surface area contributed by atoms with Crippen molar-refractivity contribution < 1.29 is 14.3 Å². The molecule has 2 aromatic carbocycles. The van der Waals surface area contributed by atoms with E-state index in [0.29, 0.717) is 12.1 Å². The van der Waals surface area contributed by atoms with Gasteiger partial charge in [-0.05, 0) is 30.7 Å². The first-order valence-corrected chi connectivity index (χ1v) is 10.1. The van der Waals surface area contributed by atoms with Gasteiger partial charge < -0.3 is 15.0 Å². The van der Waals surface area contributed by atoms with Gasteiger partial charge in [0, 0.05) is 30.1 Å². The lowest BCUT2D eigenvalue weighted by Crippen LogP contribution is -2.45. The minimum Gasteiger partial charge on any atom is -0.467 e. The van der Waals surface area contributed by atoms with Gasteiger partial charge in [-0.15, -0.1) is 0 Å². The van der Waals surface area contributed by atoms with E-state index in [1.807, 2.05) is 55.6 Å². The second-order valence-electron chi connectivity index (χ2n) is 7.31. The summed E-state index contributed by atoms with van der Waals surface area (Å²) in [5, 5.41) is 3.72. The molecule has 0 radical (unpaired) electrons. The lowest BCUT2D eigenvalue weighted by atomic mass is 10.0. The van der Waals surface area contributed by atoms with Gasteiger partial charge >= 0.3 is 11.7 Å². The number of benzene rings is 2. The van der Waals surface area contributed by atoms with Crippen molar-refractivity contribution >= 4 is 33.8 Å². The number of hydrogen-bond acceptors (Lipinski definition) is 4. The lowest BCUT2D eigenvalue weighted by molar-refractivity contribution is -0.145. The predicted molar refractivity (Wildman–Crippen MR) is 118 cm³/mol. The number of nitrogens with zero attached hydrogens (tertiary/aromatic N) is 2. The van der Waals surface area contributed by atoms with Crippen LogP contribution in [0.25, 0.3) is 21.9 Å². The summed E-state index contributed by atoms with van der Waals surface area (Å²) in [4.78, 5) is 41.2. The van der Waals surface area contributed by atoms with Crippen molar-refractivity contribution in [1.29, 1.82) is 0 Å². The Kier molecular flexibility index (Phi) is 5.62. The molecule has 0 saturated heterocycles. The van der Waals surface area contributed by atoms with Gasteiger partial charge in [-0.1, -0.05) is 30.3 Å². The number of carbonyl (C=O) groups is 2. The average molecular weight is 420 g/mol. The van der Waals surface area contributed by atoms with Crippen LogP contribution < -0.4 is 11.0 Å². The van der Waals surface area contributed by atoms with E-state index in [4.69, 9.17) is 4.74 Å². The minimum absolute atomic E-state index is 0.187. The molecular weight excluding hydrogens is 396 g/mol. The molecule has 2 N–H and O–H groups in total. The van der Waals surface area contributed by atoms with Crippen LogP contribution in [-0.4, -0.2) is 39.1 Å². The molecule has 0 unspecified atom stereocenters. The maximum Gasteiger partial charge on any atom is 0.329 e. The van der Waals surface area contributed by atoms with Crippen LogP contribution in [0.1, 0.15) is 12.5 Å². The molecule has 2 aromatic heterocycles. The molecule has 0 fully saturated rings. The topological polar surface area (TPSA) is 98.1 Å². The number of methoxy groups -OCH3 is 1. The van der Waals surface area contributed by atoms with Crippen molar-refractivity contribution in [3.05, 3.63) is 70.8 Å². The number of hydrogen-bond donors (Lipinski definition) is 2. The Hall–Kier alpha value is -3.81. The van der Waals surface area contributed by atoms with Crippen molar-refractivity contribution in [2.24, 2.45) is 0 Å². The number of ether oxygens (including phenoxy) is 1. The van der Waals surface area contributed by atoms with Gasteiger partial charge in [-0.25, -0.2) is 9.59 Å². The minimum atomic E-state index is -0.869. The molecule has 1 amide bonds. The Balaban J connectivity index is 1.58. The smallest absolute Gasteiger partial charge is 0.329 e. The molecule has 0 aliphatic heterocycles. The van der Waals surface area contributed by atoms with Gasteiger partial charge in [-0.3, -0.25) is 13.9 Å². The molecule has 1 atom stereocenters. The van der Waals surface area contributed by atoms with E-state index in [-0.39, 0.29) is 18.7 Å². The zero-order chi connectivity index (χ0) is 22.0. The van der Waals surface area contributed by atoms with Crippen molar-refractivity contribution in [2.75, 3.05) is 7.11 Å². The number of carbonyl (C=O) groups excluding carboxylic acids is 2. The number of imidazole rings is 1. The summed E-state index contributed by atoms with van der Waals surface area (Å²) in [5.74, 6) is -0.974. The fourth-order valence-electron chi connectivity index (χ4n) is 3.97. The van der Waals surface area contributed by atoms with E-state index in [1.165, 1.54) is 11.7 Å². The van der Waals surface area contributed by atoms with Crippen LogP contribution in [0, 0.1) is 0 Å². The quantitative estimate of drug-likeness (QED) is 0.448. The van der Waals surface area contributed by atoms with E-state index in [2.05, 4.69) is 10.3 Å². The number of para-hydroxylation sites is 3. The zero-order valence-electron chi connectivity index (χ0n) is 17.4.